The number of nitrogens with two attached hydrogens (primary N) is 2. The van der Waals surface area contributed by atoms with Gasteiger partial charge in [-0.2, -0.15) is 0 Å². The van der Waals surface area contributed by atoms with Crippen LogP contribution >= 0.6 is 11.3 Å². The first kappa shape index (κ1) is 94.7. The van der Waals surface area contributed by atoms with Crippen molar-refractivity contribution in [1.29, 1.82) is 0 Å². The Balaban J connectivity index is 0.000000153. The fraction of sp³-hybridized carbons (Fsp3) is 0.747. The molecule has 26 nitrogen and oxygen atoms in total. The number of nitrogens with zero attached hydrogens (tertiary/aromatic N) is 6. The first-order chi connectivity index (χ1) is 61.3. The smallest absolute Gasteiger partial charge is 0.317 e. The van der Waals surface area contributed by atoms with E-state index >= 15 is 0 Å². The second-order valence-electron chi connectivity index (χ2n) is 40.5. The molecule has 13 N–H and O–H groups in total. The largest absolute Gasteiger partial charge is 0.352 e. The summed E-state index contributed by atoms with van der Waals surface area (Å²) in [7, 11) is 0. The zero-order valence-corrected chi connectivity index (χ0v) is 77.0. The second-order valence-corrected chi connectivity index (χ2v) is 41.5. The molecule has 696 valence electrons. The van der Waals surface area contributed by atoms with Crippen molar-refractivity contribution in [1.82, 2.24) is 77.3 Å². The lowest BCUT2D eigenvalue weighted by atomic mass is 9.89. The van der Waals surface area contributed by atoms with Crippen molar-refractivity contribution in [2.24, 2.45) is 51.4 Å². The van der Waals surface area contributed by atoms with Gasteiger partial charge in [0.15, 0.2) is 0 Å². The van der Waals surface area contributed by atoms with Gasteiger partial charge in [0, 0.05) is 133 Å². The highest BCUT2D eigenvalue weighted by Crippen LogP contribution is 2.55. The molecule has 13 aliphatic rings. The average Bonchev–Trinajstić information content (AvgIpc) is 1.64. The summed E-state index contributed by atoms with van der Waals surface area (Å²) in [5.41, 5.74) is 16.4. The third-order valence-corrected chi connectivity index (χ3v) is 32.2. The number of likely N-dealkylation sites (tertiary alicyclic amines) is 6. The number of rotatable bonds is 32. The number of carbonyl (C=O) groups excluding carboxylic acids is 9. The van der Waals surface area contributed by atoms with Gasteiger partial charge in [-0.15, -0.1) is 11.3 Å². The summed E-state index contributed by atoms with van der Waals surface area (Å²) in [4.78, 5) is 135. The lowest BCUT2D eigenvalue weighted by Gasteiger charge is -2.41. The van der Waals surface area contributed by atoms with Crippen LogP contribution in [0.1, 0.15) is 279 Å². The quantitative estimate of drug-likeness (QED) is 0.0259. The molecule has 6 saturated heterocycles. The molecular weight excluding hydrogens is 1600 g/mol. The van der Waals surface area contributed by atoms with Crippen LogP contribution in [0.3, 0.4) is 0 Å². The zero-order valence-electron chi connectivity index (χ0n) is 76.2. The molecule has 16 rings (SSSR count). The highest BCUT2D eigenvalue weighted by molar-refractivity contribution is 7.09. The van der Waals surface area contributed by atoms with Gasteiger partial charge in [-0.05, 0) is 237 Å². The maximum atomic E-state index is 14.0. The van der Waals surface area contributed by atoms with Crippen LogP contribution in [0.2, 0.25) is 0 Å². The topological polar surface area (TPSA) is 333 Å². The van der Waals surface area contributed by atoms with Crippen LogP contribution in [0.15, 0.2) is 72.1 Å². The number of unbranched alkanes of at least 4 members (excludes halogenated alkanes) is 2. The van der Waals surface area contributed by atoms with Gasteiger partial charge in [-0.3, -0.25) is 28.8 Å². The van der Waals surface area contributed by atoms with Crippen molar-refractivity contribution in [2.45, 2.75) is 338 Å². The Bertz CT molecular complexity index is 3940. The molecule has 7 heterocycles. The molecule has 6 aliphatic heterocycles. The van der Waals surface area contributed by atoms with Gasteiger partial charge in [-0.25, -0.2) is 14.4 Å². The highest BCUT2D eigenvalue weighted by atomic mass is 32.1. The normalized spacial score (nSPS) is 25.3. The van der Waals surface area contributed by atoms with Crippen molar-refractivity contribution >= 4 is 64.9 Å². The third kappa shape index (κ3) is 27.6. The molecule has 0 radical (unpaired) electrons. The summed E-state index contributed by atoms with van der Waals surface area (Å²) in [5.74, 6) is -0.837. The molecule has 9 atom stereocenters. The maximum Gasteiger partial charge on any atom is 0.317 e. The predicted octanol–water partition coefficient (Wildman–Crippen LogP) is 11.9. The molecule has 126 heavy (non-hydrogen) atoms. The van der Waals surface area contributed by atoms with E-state index in [1.54, 1.807) is 11.3 Å². The number of amides is 12. The Morgan fingerprint density at radius 1 is 0.373 bits per heavy atom. The molecule has 0 bridgehead atoms. The number of urea groups is 3. The van der Waals surface area contributed by atoms with Crippen LogP contribution < -0.4 is 59.3 Å². The van der Waals surface area contributed by atoms with Gasteiger partial charge >= 0.3 is 18.1 Å². The van der Waals surface area contributed by atoms with E-state index in [4.69, 9.17) is 11.5 Å². The van der Waals surface area contributed by atoms with E-state index in [0.717, 1.165) is 184 Å². The van der Waals surface area contributed by atoms with Gasteiger partial charge in [0.25, 0.3) is 0 Å². The number of hydrogen-bond acceptors (Lipinski definition) is 15. The van der Waals surface area contributed by atoms with E-state index in [1.807, 2.05) is 77.2 Å². The Kier molecular flexibility index (Phi) is 34.9. The first-order valence-corrected chi connectivity index (χ1v) is 50.9. The lowest BCUT2D eigenvalue weighted by Crippen LogP contribution is -2.61. The van der Waals surface area contributed by atoms with Crippen LogP contribution in [0.4, 0.5) is 14.4 Å². The van der Waals surface area contributed by atoms with Crippen molar-refractivity contribution in [2.75, 3.05) is 91.6 Å². The molecule has 12 amide bonds. The number of thiophene rings is 1. The SMILES string of the molecule is CCc1ccc(CNC(=O)[C@H]2CN(C(=O)[C@@H](CC3CC3)NC3CCCCC3)CC[C@H]2NC(=O)N2CCC3(CC2)CC3)cc1.NCCCC[C@@H](NC1CCCCC1)C(=O)N1CC[C@@H](NC(=O)N2CCC3(CC2)CC3)[C@@H](C(=O)NCc2ccccc2)C1.NCCCC[C@@H](NC1CCCCC1)C(=O)N1CC[C@@H](NC(=O)N2CCC3(CC2)CC3)[C@@H](C(=O)NCc2cccs2)C1. The molecule has 1 aromatic heterocycles. The Morgan fingerprint density at radius 3 is 1.06 bits per heavy atom. The van der Waals surface area contributed by atoms with Gasteiger partial charge in [0.05, 0.1) is 42.4 Å². The number of nitrogens with one attached hydrogen (secondary N) is 9. The Morgan fingerprint density at radius 2 is 0.722 bits per heavy atom. The van der Waals surface area contributed by atoms with Crippen LogP contribution in [0.25, 0.3) is 0 Å². The molecular formula is C99H155N17O9S. The molecule has 27 heteroatoms. The minimum absolute atomic E-state index is 0.0567. The van der Waals surface area contributed by atoms with Gasteiger partial charge < -0.3 is 88.7 Å². The Hall–Kier alpha value is -7.43. The van der Waals surface area contributed by atoms with Gasteiger partial charge in [0.1, 0.15) is 0 Å². The predicted molar refractivity (Wildman–Crippen MR) is 495 cm³/mol. The minimum atomic E-state index is -0.505. The fourth-order valence-corrected chi connectivity index (χ4v) is 22.4. The number of carbonyl (C=O) groups is 9. The average molecular weight is 1760 g/mol. The molecule has 2 aromatic carbocycles. The van der Waals surface area contributed by atoms with Crippen LogP contribution in [-0.4, -0.2) is 229 Å². The first-order valence-electron chi connectivity index (χ1n) is 50.0. The summed E-state index contributed by atoms with van der Waals surface area (Å²) >= 11 is 1.61. The third-order valence-electron chi connectivity index (χ3n) is 31.3. The van der Waals surface area contributed by atoms with Crippen molar-refractivity contribution in [3.05, 3.63) is 93.7 Å². The van der Waals surface area contributed by atoms with E-state index in [0.29, 0.717) is 132 Å². The molecule has 0 unspecified atom stereocenters. The summed E-state index contributed by atoms with van der Waals surface area (Å²) in [6.45, 7) is 12.1. The van der Waals surface area contributed by atoms with Gasteiger partial charge in [0.2, 0.25) is 35.4 Å². The summed E-state index contributed by atoms with van der Waals surface area (Å²) in [5, 5.41) is 32.2. The highest BCUT2D eigenvalue weighted by Gasteiger charge is 2.50. The summed E-state index contributed by atoms with van der Waals surface area (Å²) in [6.07, 6.45) is 43.2. The number of piperidine rings is 6. The standard InChI is InChI=1S/C35H53N5O3.C33H52N6O3.C31H50N6O3S/c1-2-25-8-12-27(13-9-25)23-36-32(41)29-24-40(33(42)31(22-26-10-11-26)37-28-6-4-3-5-7-28)19-14-30(29)38-34(43)39-20-17-35(15-16-35)18-21-39;34-19-8-7-13-29(36-26-11-5-2-6-12-26)31(41)39-20-14-28(37-32(42)38-21-17-33(15-16-33)18-22-38)27(24-39)30(40)35-23-25-9-3-1-4-10-25;32-16-5-4-10-27(34-23-7-2-1-3-8-23)29(39)37-17-11-26(25(22-37)28(38)33-21-24-9-6-20-41-24)35-30(40)36-18-14-31(12-13-31)15-19-36/h8-9,12-13,26,28-31,37H,2-7,10-11,14-24H2,1H3,(H,36,41)(H,38,43);1,3-4,9-10,26-29,36H,2,5-8,11-24,34H2,(H,35,40)(H,37,42);6,9,20,23,25-27,34H,1-5,7-8,10-19,21-22,32H2,(H,33,38)(H,35,40)/t29-,30+,31+;27-,28+,29+;25-,26+,27+/m000/s1. The van der Waals surface area contributed by atoms with Crippen molar-refractivity contribution in [3.63, 3.8) is 0 Å². The second kappa shape index (κ2) is 46.4. The molecule has 7 saturated carbocycles. The molecule has 3 aromatic rings. The van der Waals surface area contributed by atoms with E-state index in [9.17, 15) is 43.2 Å². The van der Waals surface area contributed by atoms with Crippen LogP contribution in [0.5, 0.6) is 0 Å². The van der Waals surface area contributed by atoms with Crippen molar-refractivity contribution in [3.8, 4) is 0 Å². The van der Waals surface area contributed by atoms with E-state index in [1.165, 1.54) is 115 Å². The molecule has 7 aliphatic carbocycles. The zero-order chi connectivity index (χ0) is 87.8. The number of aryl methyl sites for hydroxylation is 1. The number of hydrogen-bond donors (Lipinski definition) is 11. The van der Waals surface area contributed by atoms with E-state index < -0.39 is 17.8 Å². The van der Waals surface area contributed by atoms with E-state index in [2.05, 4.69) is 79.0 Å². The van der Waals surface area contributed by atoms with E-state index in [-0.39, 0.29) is 89.8 Å². The van der Waals surface area contributed by atoms with Crippen LogP contribution in [-0.2, 0) is 54.8 Å². The lowest BCUT2D eigenvalue weighted by molar-refractivity contribution is -0.140. The number of benzene rings is 2. The maximum absolute atomic E-state index is 14.0. The van der Waals surface area contributed by atoms with Gasteiger partial charge in [-0.1, -0.05) is 151 Å². The fourth-order valence-electron chi connectivity index (χ4n) is 21.7. The minimum Gasteiger partial charge on any atom is -0.352 e. The summed E-state index contributed by atoms with van der Waals surface area (Å²) < 4.78 is 0. The molecule has 3 spiro atoms. The van der Waals surface area contributed by atoms with Crippen molar-refractivity contribution < 1.29 is 43.2 Å². The summed E-state index contributed by atoms with van der Waals surface area (Å²) in [6, 6.07) is 21.5. The van der Waals surface area contributed by atoms with Crippen LogP contribution in [0, 0.1) is 39.9 Å². The molecule has 13 fully saturated rings. The Labute approximate surface area is 755 Å². The monoisotopic (exact) mass is 1760 g/mol.